The molecule has 1 heterocycles. The molecular formula is C18H19FN2O2. The first-order valence-corrected chi connectivity index (χ1v) is 7.75. The fraction of sp³-hybridized carbons (Fsp3) is 0.333. The highest BCUT2D eigenvalue weighted by atomic mass is 19.1. The number of carbonyl (C=O) groups is 2. The van der Waals surface area contributed by atoms with Gasteiger partial charge in [0.05, 0.1) is 0 Å². The smallest absolute Gasteiger partial charge is 0.268 e. The highest BCUT2D eigenvalue weighted by molar-refractivity contribution is 6.04. The summed E-state index contributed by atoms with van der Waals surface area (Å²) in [6, 6.07) is 4.90. The molecule has 0 unspecified atom stereocenters. The van der Waals surface area contributed by atoms with Gasteiger partial charge >= 0.3 is 0 Å². The standard InChI is InChI=1S/C18H19FN2O2/c1-10-6-7-12(8-13(10)19)9-20-18(23)17-11(2)16-14(21-17)4-3-5-15(16)22/h6-8,21H,3-5,9H2,1-2H3,(H,20,23). The zero-order valence-corrected chi connectivity index (χ0v) is 13.3. The highest BCUT2D eigenvalue weighted by Gasteiger charge is 2.26. The minimum Gasteiger partial charge on any atom is -0.354 e. The van der Waals surface area contributed by atoms with Crippen LogP contribution in [0.5, 0.6) is 0 Å². The summed E-state index contributed by atoms with van der Waals surface area (Å²) in [6.45, 7) is 3.73. The SMILES string of the molecule is Cc1ccc(CNC(=O)c2[nH]c3c(c2C)C(=O)CCC3)cc1F. The lowest BCUT2D eigenvalue weighted by atomic mass is 9.94. The van der Waals surface area contributed by atoms with E-state index in [4.69, 9.17) is 0 Å². The number of aryl methyl sites for hydroxylation is 2. The van der Waals surface area contributed by atoms with Crippen molar-refractivity contribution in [2.45, 2.75) is 39.7 Å². The molecule has 120 valence electrons. The third kappa shape index (κ3) is 2.91. The van der Waals surface area contributed by atoms with Crippen LogP contribution in [0.2, 0.25) is 0 Å². The largest absolute Gasteiger partial charge is 0.354 e. The summed E-state index contributed by atoms with van der Waals surface area (Å²) in [5.41, 5.74) is 3.93. The first kappa shape index (κ1) is 15.5. The second kappa shape index (κ2) is 5.99. The number of benzene rings is 1. The molecule has 0 aliphatic heterocycles. The van der Waals surface area contributed by atoms with Crippen LogP contribution in [0.25, 0.3) is 0 Å². The van der Waals surface area contributed by atoms with Crippen molar-refractivity contribution in [2.24, 2.45) is 0 Å². The number of carbonyl (C=O) groups excluding carboxylic acids is 2. The van der Waals surface area contributed by atoms with Crippen LogP contribution < -0.4 is 5.32 Å². The molecule has 0 spiro atoms. The van der Waals surface area contributed by atoms with Crippen LogP contribution in [-0.4, -0.2) is 16.7 Å². The average Bonchev–Trinajstić information content (AvgIpc) is 2.86. The summed E-state index contributed by atoms with van der Waals surface area (Å²) in [5.74, 6) is -0.459. The quantitative estimate of drug-likeness (QED) is 0.914. The molecule has 0 radical (unpaired) electrons. The maximum atomic E-state index is 13.5. The number of nitrogens with one attached hydrogen (secondary N) is 2. The summed E-state index contributed by atoms with van der Waals surface area (Å²) in [4.78, 5) is 27.4. The van der Waals surface area contributed by atoms with E-state index >= 15 is 0 Å². The second-order valence-electron chi connectivity index (χ2n) is 6.02. The minimum absolute atomic E-state index is 0.0969. The molecule has 0 bridgehead atoms. The van der Waals surface area contributed by atoms with Crippen molar-refractivity contribution in [3.63, 3.8) is 0 Å². The lowest BCUT2D eigenvalue weighted by Crippen LogP contribution is -2.24. The zero-order valence-electron chi connectivity index (χ0n) is 13.3. The molecule has 4 nitrogen and oxygen atoms in total. The Kier molecular flexibility index (Phi) is 4.03. The number of amides is 1. The third-order valence-corrected chi connectivity index (χ3v) is 4.35. The molecule has 5 heteroatoms. The van der Waals surface area contributed by atoms with Gasteiger partial charge in [-0.3, -0.25) is 9.59 Å². The summed E-state index contributed by atoms with van der Waals surface area (Å²) in [6.07, 6.45) is 2.14. The molecule has 23 heavy (non-hydrogen) atoms. The van der Waals surface area contributed by atoms with Crippen LogP contribution in [0, 0.1) is 19.7 Å². The Bertz CT molecular complexity index is 793. The molecule has 1 aromatic heterocycles. The molecule has 0 fully saturated rings. The van der Waals surface area contributed by atoms with Gasteiger partial charge in [-0.2, -0.15) is 0 Å². The summed E-state index contributed by atoms with van der Waals surface area (Å²) in [5, 5.41) is 2.78. The van der Waals surface area contributed by atoms with E-state index < -0.39 is 0 Å². The molecule has 0 saturated heterocycles. The minimum atomic E-state index is -0.283. The number of aromatic nitrogens is 1. The molecule has 1 aliphatic rings. The number of H-pyrrole nitrogens is 1. The average molecular weight is 314 g/mol. The predicted molar refractivity (Wildman–Crippen MR) is 85.1 cm³/mol. The summed E-state index contributed by atoms with van der Waals surface area (Å²) < 4.78 is 13.5. The lowest BCUT2D eigenvalue weighted by molar-refractivity contribution is 0.0944. The second-order valence-corrected chi connectivity index (χ2v) is 6.02. The van der Waals surface area contributed by atoms with E-state index in [1.807, 2.05) is 0 Å². The van der Waals surface area contributed by atoms with E-state index in [1.165, 1.54) is 6.07 Å². The van der Waals surface area contributed by atoms with Gasteiger partial charge in [0.2, 0.25) is 0 Å². The van der Waals surface area contributed by atoms with E-state index in [9.17, 15) is 14.0 Å². The van der Waals surface area contributed by atoms with Crippen molar-refractivity contribution in [1.29, 1.82) is 0 Å². The molecule has 0 saturated carbocycles. The van der Waals surface area contributed by atoms with Crippen LogP contribution in [0.15, 0.2) is 18.2 Å². The number of hydrogen-bond acceptors (Lipinski definition) is 2. The number of fused-ring (bicyclic) bond motifs is 1. The van der Waals surface area contributed by atoms with Crippen LogP contribution in [0.4, 0.5) is 4.39 Å². The van der Waals surface area contributed by atoms with Crippen LogP contribution in [-0.2, 0) is 13.0 Å². The van der Waals surface area contributed by atoms with Crippen molar-refractivity contribution < 1.29 is 14.0 Å². The Labute approximate surface area is 134 Å². The van der Waals surface area contributed by atoms with Gasteiger partial charge in [-0.25, -0.2) is 4.39 Å². The Morgan fingerprint density at radius 2 is 2.09 bits per heavy atom. The maximum absolute atomic E-state index is 13.5. The first-order valence-electron chi connectivity index (χ1n) is 7.75. The van der Waals surface area contributed by atoms with Gasteiger partial charge in [-0.05, 0) is 49.4 Å². The van der Waals surface area contributed by atoms with Crippen molar-refractivity contribution in [2.75, 3.05) is 0 Å². The van der Waals surface area contributed by atoms with E-state index in [0.717, 1.165) is 18.5 Å². The van der Waals surface area contributed by atoms with Gasteiger partial charge in [0.15, 0.2) is 5.78 Å². The highest BCUT2D eigenvalue weighted by Crippen LogP contribution is 2.26. The number of rotatable bonds is 3. The Balaban J connectivity index is 1.76. The van der Waals surface area contributed by atoms with Crippen LogP contribution in [0.3, 0.4) is 0 Å². The topological polar surface area (TPSA) is 62.0 Å². The van der Waals surface area contributed by atoms with Gasteiger partial charge in [0.25, 0.3) is 5.91 Å². The van der Waals surface area contributed by atoms with Gasteiger partial charge < -0.3 is 10.3 Å². The molecular weight excluding hydrogens is 295 g/mol. The van der Waals surface area contributed by atoms with Crippen molar-refractivity contribution in [1.82, 2.24) is 10.3 Å². The maximum Gasteiger partial charge on any atom is 0.268 e. The number of ketones is 1. The molecule has 2 N–H and O–H groups in total. The van der Waals surface area contributed by atoms with E-state index in [0.29, 0.717) is 34.4 Å². The molecule has 1 aromatic carbocycles. The summed E-state index contributed by atoms with van der Waals surface area (Å²) >= 11 is 0. The van der Waals surface area contributed by atoms with Gasteiger partial charge in [0, 0.05) is 24.2 Å². The fourth-order valence-electron chi connectivity index (χ4n) is 3.02. The predicted octanol–water partition coefficient (Wildman–Crippen LogP) is 3.22. The molecule has 3 rings (SSSR count). The number of hydrogen-bond donors (Lipinski definition) is 2. The van der Waals surface area contributed by atoms with Gasteiger partial charge in [-0.15, -0.1) is 0 Å². The molecule has 0 atom stereocenters. The Morgan fingerprint density at radius 1 is 1.30 bits per heavy atom. The zero-order chi connectivity index (χ0) is 16.6. The van der Waals surface area contributed by atoms with Crippen LogP contribution >= 0.6 is 0 Å². The normalized spacial score (nSPS) is 13.8. The third-order valence-electron chi connectivity index (χ3n) is 4.35. The van der Waals surface area contributed by atoms with Crippen LogP contribution in [0.1, 0.15) is 56.1 Å². The van der Waals surface area contributed by atoms with E-state index in [-0.39, 0.29) is 24.1 Å². The molecule has 1 amide bonds. The fourth-order valence-corrected chi connectivity index (χ4v) is 3.02. The molecule has 2 aromatic rings. The monoisotopic (exact) mass is 314 g/mol. The number of Topliss-reactive ketones (excluding diaryl/α,β-unsaturated/α-hetero) is 1. The molecule has 1 aliphatic carbocycles. The van der Waals surface area contributed by atoms with E-state index in [2.05, 4.69) is 10.3 Å². The van der Waals surface area contributed by atoms with Gasteiger partial charge in [0.1, 0.15) is 11.5 Å². The first-order chi connectivity index (χ1) is 11.0. The summed E-state index contributed by atoms with van der Waals surface area (Å²) in [7, 11) is 0. The van der Waals surface area contributed by atoms with E-state index in [1.54, 1.807) is 26.0 Å². The van der Waals surface area contributed by atoms with Crippen molar-refractivity contribution in [3.8, 4) is 0 Å². The number of halogens is 1. The Morgan fingerprint density at radius 3 is 2.78 bits per heavy atom. The van der Waals surface area contributed by atoms with Crippen molar-refractivity contribution >= 4 is 11.7 Å². The van der Waals surface area contributed by atoms with Gasteiger partial charge in [-0.1, -0.05) is 12.1 Å². The number of aromatic amines is 1. The lowest BCUT2D eigenvalue weighted by Gasteiger charge is -2.09. The van der Waals surface area contributed by atoms with Crippen molar-refractivity contribution in [3.05, 3.63) is 57.7 Å². The Hall–Kier alpha value is -2.43.